The van der Waals surface area contributed by atoms with Crippen LogP contribution in [0.1, 0.15) is 20.8 Å². The number of hydrogen-bond donors (Lipinski definition) is 2. The van der Waals surface area contributed by atoms with Crippen molar-refractivity contribution in [2.45, 2.75) is 0 Å². The predicted octanol–water partition coefficient (Wildman–Crippen LogP) is 1.24. The number of methoxy groups -OCH3 is 1. The topological polar surface area (TPSA) is 97.4 Å². The average molecular weight is 313 g/mol. The van der Waals surface area contributed by atoms with E-state index < -0.39 is 11.9 Å². The summed E-state index contributed by atoms with van der Waals surface area (Å²) >= 11 is 0. The summed E-state index contributed by atoms with van der Waals surface area (Å²) < 4.78 is 4.43. The summed E-state index contributed by atoms with van der Waals surface area (Å²) in [6.07, 6.45) is 1.53. The second kappa shape index (κ2) is 7.69. The molecule has 0 radical (unpaired) electrons. The highest BCUT2D eigenvalue weighted by Gasteiger charge is 2.09. The molecule has 0 spiro atoms. The van der Waals surface area contributed by atoms with Gasteiger partial charge in [0.25, 0.3) is 11.8 Å². The molecule has 1 aromatic carbocycles. The molecular formula is C16H15N3O4. The van der Waals surface area contributed by atoms with E-state index in [2.05, 4.69) is 20.4 Å². The maximum atomic E-state index is 11.9. The first-order valence-electron chi connectivity index (χ1n) is 6.77. The Balaban J connectivity index is 1.95. The van der Waals surface area contributed by atoms with Crippen molar-refractivity contribution in [2.24, 2.45) is 0 Å². The maximum Gasteiger partial charge on any atom is 0.325 e. The molecule has 7 nitrogen and oxygen atoms in total. The Labute approximate surface area is 132 Å². The van der Waals surface area contributed by atoms with Crippen LogP contribution in [-0.4, -0.2) is 36.4 Å². The number of anilines is 1. The lowest BCUT2D eigenvalue weighted by Gasteiger charge is -2.07. The van der Waals surface area contributed by atoms with Crippen molar-refractivity contribution in [1.82, 2.24) is 10.3 Å². The van der Waals surface area contributed by atoms with Crippen molar-refractivity contribution in [2.75, 3.05) is 19.0 Å². The van der Waals surface area contributed by atoms with Crippen LogP contribution in [0.15, 0.2) is 48.7 Å². The fourth-order valence-corrected chi connectivity index (χ4v) is 1.72. The third kappa shape index (κ3) is 4.63. The normalized spacial score (nSPS) is 9.78. The number of rotatable bonds is 5. The number of ether oxygens (including phenoxy) is 1. The van der Waals surface area contributed by atoms with E-state index in [4.69, 9.17) is 0 Å². The van der Waals surface area contributed by atoms with Crippen LogP contribution in [0.25, 0.3) is 0 Å². The van der Waals surface area contributed by atoms with Crippen LogP contribution in [0.2, 0.25) is 0 Å². The molecule has 1 aromatic heterocycles. The monoisotopic (exact) mass is 313 g/mol. The van der Waals surface area contributed by atoms with Gasteiger partial charge in [-0.15, -0.1) is 0 Å². The van der Waals surface area contributed by atoms with Crippen LogP contribution in [0.3, 0.4) is 0 Å². The highest BCUT2D eigenvalue weighted by atomic mass is 16.5. The maximum absolute atomic E-state index is 11.9. The number of hydrogen-bond acceptors (Lipinski definition) is 5. The quantitative estimate of drug-likeness (QED) is 0.809. The van der Waals surface area contributed by atoms with Gasteiger partial charge < -0.3 is 15.4 Å². The predicted molar refractivity (Wildman–Crippen MR) is 83.0 cm³/mol. The Kier molecular flexibility index (Phi) is 5.40. The lowest BCUT2D eigenvalue weighted by molar-refractivity contribution is -0.139. The van der Waals surface area contributed by atoms with Crippen molar-refractivity contribution in [3.63, 3.8) is 0 Å². The zero-order chi connectivity index (χ0) is 16.7. The highest BCUT2D eigenvalue weighted by Crippen LogP contribution is 2.10. The minimum absolute atomic E-state index is 0.201. The third-order valence-corrected chi connectivity index (χ3v) is 2.92. The Morgan fingerprint density at radius 2 is 1.78 bits per heavy atom. The van der Waals surface area contributed by atoms with Gasteiger partial charge in [0.05, 0.1) is 7.11 Å². The van der Waals surface area contributed by atoms with Crippen molar-refractivity contribution in [3.8, 4) is 0 Å². The van der Waals surface area contributed by atoms with Crippen molar-refractivity contribution < 1.29 is 19.1 Å². The van der Waals surface area contributed by atoms with Crippen LogP contribution < -0.4 is 10.6 Å². The van der Waals surface area contributed by atoms with E-state index in [1.807, 2.05) is 0 Å². The van der Waals surface area contributed by atoms with Gasteiger partial charge in [0.1, 0.15) is 12.2 Å². The molecule has 23 heavy (non-hydrogen) atoms. The number of nitrogens with zero attached hydrogens (tertiary/aromatic N) is 1. The van der Waals surface area contributed by atoms with Gasteiger partial charge in [0.2, 0.25) is 0 Å². The number of pyridine rings is 1. The van der Waals surface area contributed by atoms with E-state index in [0.29, 0.717) is 16.9 Å². The molecule has 0 aliphatic carbocycles. The lowest BCUT2D eigenvalue weighted by atomic mass is 10.2. The van der Waals surface area contributed by atoms with Crippen LogP contribution in [0.5, 0.6) is 0 Å². The van der Waals surface area contributed by atoms with Gasteiger partial charge in [-0.2, -0.15) is 0 Å². The molecule has 7 heteroatoms. The first kappa shape index (κ1) is 16.2. The van der Waals surface area contributed by atoms with Gasteiger partial charge >= 0.3 is 5.97 Å². The average Bonchev–Trinajstić information content (AvgIpc) is 2.60. The molecule has 118 valence electrons. The van der Waals surface area contributed by atoms with Gasteiger partial charge in [0.15, 0.2) is 0 Å². The van der Waals surface area contributed by atoms with Crippen molar-refractivity contribution >= 4 is 23.5 Å². The summed E-state index contributed by atoms with van der Waals surface area (Å²) in [5, 5.41) is 5.10. The highest BCUT2D eigenvalue weighted by molar-refractivity contribution is 6.03. The molecule has 2 N–H and O–H groups in total. The molecular weight excluding hydrogens is 298 g/mol. The molecule has 0 fully saturated rings. The van der Waals surface area contributed by atoms with Crippen LogP contribution in [0, 0.1) is 0 Å². The molecule has 0 aliphatic rings. The molecule has 0 saturated heterocycles. The SMILES string of the molecule is COC(=O)CNC(=O)c1ccc(NC(=O)c2ccccn2)cc1. The summed E-state index contributed by atoms with van der Waals surface area (Å²) in [6.45, 7) is -0.201. The minimum Gasteiger partial charge on any atom is -0.468 e. The van der Waals surface area contributed by atoms with Crippen molar-refractivity contribution in [3.05, 3.63) is 59.9 Å². The zero-order valence-corrected chi connectivity index (χ0v) is 12.4. The fraction of sp³-hybridized carbons (Fsp3) is 0.125. The molecule has 2 amide bonds. The largest absolute Gasteiger partial charge is 0.468 e. The Morgan fingerprint density at radius 3 is 2.39 bits per heavy atom. The second-order valence-corrected chi connectivity index (χ2v) is 4.51. The summed E-state index contributed by atoms with van der Waals surface area (Å²) in [4.78, 5) is 38.7. The molecule has 2 aromatic rings. The Bertz CT molecular complexity index is 699. The summed E-state index contributed by atoms with van der Waals surface area (Å²) in [5.41, 5.74) is 1.20. The zero-order valence-electron chi connectivity index (χ0n) is 12.4. The number of aromatic nitrogens is 1. The molecule has 0 saturated carbocycles. The summed E-state index contributed by atoms with van der Waals surface area (Å²) in [5.74, 6) is -1.27. The number of carbonyl (C=O) groups excluding carboxylic acids is 3. The minimum atomic E-state index is -0.530. The van der Waals surface area contributed by atoms with Crippen molar-refractivity contribution in [1.29, 1.82) is 0 Å². The Morgan fingerprint density at radius 1 is 1.04 bits per heavy atom. The smallest absolute Gasteiger partial charge is 0.325 e. The number of amides is 2. The number of nitrogens with one attached hydrogen (secondary N) is 2. The van der Waals surface area contributed by atoms with E-state index in [-0.39, 0.29) is 12.5 Å². The van der Waals surface area contributed by atoms with E-state index in [0.717, 1.165) is 0 Å². The van der Waals surface area contributed by atoms with Crippen LogP contribution >= 0.6 is 0 Å². The van der Waals surface area contributed by atoms with Gasteiger partial charge in [-0.05, 0) is 36.4 Å². The summed E-state index contributed by atoms with van der Waals surface area (Å²) in [6, 6.07) is 11.3. The standard InChI is InChI=1S/C16H15N3O4/c1-23-14(20)10-18-15(21)11-5-7-12(8-6-11)19-16(22)13-4-2-3-9-17-13/h2-9H,10H2,1H3,(H,18,21)(H,19,22). The van der Waals surface area contributed by atoms with Gasteiger partial charge in [0, 0.05) is 17.4 Å². The molecule has 0 bridgehead atoms. The van der Waals surface area contributed by atoms with Gasteiger partial charge in [-0.1, -0.05) is 6.07 Å². The first-order chi connectivity index (χ1) is 11.1. The third-order valence-electron chi connectivity index (χ3n) is 2.92. The van der Waals surface area contributed by atoms with E-state index in [1.54, 1.807) is 42.5 Å². The van der Waals surface area contributed by atoms with E-state index in [9.17, 15) is 14.4 Å². The molecule has 1 heterocycles. The van der Waals surface area contributed by atoms with Crippen LogP contribution in [-0.2, 0) is 9.53 Å². The number of carbonyl (C=O) groups is 3. The molecule has 2 rings (SSSR count). The molecule has 0 unspecified atom stereocenters. The Hall–Kier alpha value is -3.22. The second-order valence-electron chi connectivity index (χ2n) is 4.51. The lowest BCUT2D eigenvalue weighted by Crippen LogP contribution is -2.30. The van der Waals surface area contributed by atoms with E-state index >= 15 is 0 Å². The fourth-order valence-electron chi connectivity index (χ4n) is 1.72. The molecule has 0 atom stereocenters. The van der Waals surface area contributed by atoms with Gasteiger partial charge in [-0.3, -0.25) is 19.4 Å². The molecule has 0 aliphatic heterocycles. The van der Waals surface area contributed by atoms with Crippen LogP contribution in [0.4, 0.5) is 5.69 Å². The number of benzene rings is 1. The summed E-state index contributed by atoms with van der Waals surface area (Å²) in [7, 11) is 1.24. The van der Waals surface area contributed by atoms with Gasteiger partial charge in [-0.25, -0.2) is 0 Å². The first-order valence-corrected chi connectivity index (χ1v) is 6.77. The number of esters is 1. The van der Waals surface area contributed by atoms with E-state index in [1.165, 1.54) is 13.3 Å².